The molecule has 0 fully saturated rings. The van der Waals surface area contributed by atoms with Crippen LogP contribution < -0.4 is 5.32 Å². The Bertz CT molecular complexity index is 409. The number of H-pyrrole nitrogens is 1. The summed E-state index contributed by atoms with van der Waals surface area (Å²) < 4.78 is 0. The lowest BCUT2D eigenvalue weighted by Crippen LogP contribution is -2.12. The fourth-order valence-corrected chi connectivity index (χ4v) is 1.47. The van der Waals surface area contributed by atoms with Crippen molar-refractivity contribution in [2.45, 2.75) is 13.1 Å². The Kier molecular flexibility index (Phi) is 3.05. The fourth-order valence-electron chi connectivity index (χ4n) is 1.47. The van der Waals surface area contributed by atoms with Gasteiger partial charge in [0.2, 0.25) is 0 Å². The maximum absolute atomic E-state index is 9.52. The summed E-state index contributed by atoms with van der Waals surface area (Å²) in [5.74, 6) is 0.344. The molecule has 3 heteroatoms. The first-order chi connectivity index (χ1) is 7.36. The second-order valence-corrected chi connectivity index (χ2v) is 3.43. The third-order valence-electron chi connectivity index (χ3n) is 2.28. The van der Waals surface area contributed by atoms with Crippen LogP contribution in [0.5, 0.6) is 5.75 Å². The van der Waals surface area contributed by atoms with Crippen molar-refractivity contribution in [3.05, 3.63) is 53.9 Å². The van der Waals surface area contributed by atoms with Crippen LogP contribution in [0.2, 0.25) is 0 Å². The number of hydrogen-bond donors (Lipinski definition) is 3. The van der Waals surface area contributed by atoms with Crippen molar-refractivity contribution < 1.29 is 5.11 Å². The van der Waals surface area contributed by atoms with Crippen molar-refractivity contribution in [2.75, 3.05) is 0 Å². The molecule has 1 aromatic carbocycles. The molecule has 0 saturated heterocycles. The molecule has 0 aliphatic heterocycles. The van der Waals surface area contributed by atoms with Gasteiger partial charge in [0.1, 0.15) is 5.75 Å². The number of benzene rings is 1. The van der Waals surface area contributed by atoms with Gasteiger partial charge in [-0.2, -0.15) is 0 Å². The zero-order valence-electron chi connectivity index (χ0n) is 8.40. The number of aromatic nitrogens is 1. The van der Waals surface area contributed by atoms with E-state index in [0.717, 1.165) is 17.8 Å². The average molecular weight is 202 g/mol. The lowest BCUT2D eigenvalue weighted by atomic mass is 10.2. The number of phenolic OH excluding ortho intramolecular Hbond substituents is 1. The van der Waals surface area contributed by atoms with Crippen molar-refractivity contribution in [1.82, 2.24) is 10.3 Å². The summed E-state index contributed by atoms with van der Waals surface area (Å²) >= 11 is 0. The third-order valence-corrected chi connectivity index (χ3v) is 2.28. The van der Waals surface area contributed by atoms with Crippen LogP contribution in [0.3, 0.4) is 0 Å². The first-order valence-corrected chi connectivity index (χ1v) is 4.96. The Morgan fingerprint density at radius 1 is 1.07 bits per heavy atom. The molecule has 0 radical (unpaired) electrons. The van der Waals surface area contributed by atoms with Crippen LogP contribution in [-0.2, 0) is 13.1 Å². The molecule has 0 aliphatic carbocycles. The molecule has 1 aromatic heterocycles. The van der Waals surface area contributed by atoms with Gasteiger partial charge < -0.3 is 15.4 Å². The van der Waals surface area contributed by atoms with E-state index in [9.17, 15) is 5.11 Å². The molecule has 0 bridgehead atoms. The molecule has 0 amide bonds. The fraction of sp³-hybridized carbons (Fsp3) is 0.167. The molecule has 15 heavy (non-hydrogen) atoms. The first kappa shape index (κ1) is 9.80. The SMILES string of the molecule is Oc1ccccc1CNCc1ccc[nH]1. The number of para-hydroxylation sites is 1. The van der Waals surface area contributed by atoms with Crippen LogP contribution in [0, 0.1) is 0 Å². The van der Waals surface area contributed by atoms with E-state index in [2.05, 4.69) is 10.3 Å². The van der Waals surface area contributed by atoms with Gasteiger partial charge in [-0.1, -0.05) is 18.2 Å². The minimum Gasteiger partial charge on any atom is -0.508 e. The predicted molar refractivity (Wildman–Crippen MR) is 59.4 cm³/mol. The molecule has 0 spiro atoms. The monoisotopic (exact) mass is 202 g/mol. The van der Waals surface area contributed by atoms with Gasteiger partial charge in [-0.25, -0.2) is 0 Å². The van der Waals surface area contributed by atoms with E-state index in [1.807, 2.05) is 36.5 Å². The van der Waals surface area contributed by atoms with E-state index >= 15 is 0 Å². The Labute approximate surface area is 88.8 Å². The quantitative estimate of drug-likeness (QED) is 0.710. The van der Waals surface area contributed by atoms with Crippen molar-refractivity contribution in [2.24, 2.45) is 0 Å². The molecule has 0 atom stereocenters. The summed E-state index contributed by atoms with van der Waals surface area (Å²) in [6.07, 6.45) is 1.90. The summed E-state index contributed by atoms with van der Waals surface area (Å²) in [5.41, 5.74) is 2.06. The van der Waals surface area contributed by atoms with Gasteiger partial charge in [-0.05, 0) is 18.2 Å². The van der Waals surface area contributed by atoms with Crippen molar-refractivity contribution >= 4 is 0 Å². The number of aromatic amines is 1. The zero-order valence-corrected chi connectivity index (χ0v) is 8.40. The molecule has 2 aromatic rings. The number of hydrogen-bond acceptors (Lipinski definition) is 2. The standard InChI is InChI=1S/C12H14N2O/c15-12-6-2-1-4-10(12)8-13-9-11-5-3-7-14-11/h1-7,13-15H,8-9H2. The van der Waals surface area contributed by atoms with Crippen LogP contribution in [0.25, 0.3) is 0 Å². The lowest BCUT2D eigenvalue weighted by Gasteiger charge is -2.05. The van der Waals surface area contributed by atoms with Gasteiger partial charge in [0.25, 0.3) is 0 Å². The number of rotatable bonds is 4. The minimum absolute atomic E-state index is 0.344. The van der Waals surface area contributed by atoms with Gasteiger partial charge in [-0.3, -0.25) is 0 Å². The first-order valence-electron chi connectivity index (χ1n) is 4.96. The molecule has 3 N–H and O–H groups in total. The van der Waals surface area contributed by atoms with Gasteiger partial charge >= 0.3 is 0 Å². The van der Waals surface area contributed by atoms with E-state index in [4.69, 9.17) is 0 Å². The lowest BCUT2D eigenvalue weighted by molar-refractivity contribution is 0.464. The van der Waals surface area contributed by atoms with Crippen LogP contribution in [0.1, 0.15) is 11.3 Å². The molecule has 1 heterocycles. The van der Waals surface area contributed by atoms with Gasteiger partial charge in [0.15, 0.2) is 0 Å². The van der Waals surface area contributed by atoms with Gasteiger partial charge in [0.05, 0.1) is 0 Å². The highest BCUT2D eigenvalue weighted by Crippen LogP contribution is 2.14. The van der Waals surface area contributed by atoms with E-state index in [1.54, 1.807) is 6.07 Å². The smallest absolute Gasteiger partial charge is 0.120 e. The Morgan fingerprint density at radius 3 is 2.67 bits per heavy atom. The molecular formula is C12H14N2O. The number of nitrogens with one attached hydrogen (secondary N) is 2. The van der Waals surface area contributed by atoms with Crippen molar-refractivity contribution in [3.63, 3.8) is 0 Å². The topological polar surface area (TPSA) is 48.0 Å². The summed E-state index contributed by atoms with van der Waals surface area (Å²) in [5, 5.41) is 12.8. The van der Waals surface area contributed by atoms with E-state index in [0.29, 0.717) is 12.3 Å². The minimum atomic E-state index is 0.344. The molecule has 0 aliphatic rings. The van der Waals surface area contributed by atoms with Crippen LogP contribution >= 0.6 is 0 Å². The molecule has 3 nitrogen and oxygen atoms in total. The molecule has 0 saturated carbocycles. The van der Waals surface area contributed by atoms with E-state index in [1.165, 1.54) is 0 Å². The van der Waals surface area contributed by atoms with Gasteiger partial charge in [-0.15, -0.1) is 0 Å². The Balaban J connectivity index is 1.86. The zero-order chi connectivity index (χ0) is 10.5. The molecule has 0 unspecified atom stereocenters. The van der Waals surface area contributed by atoms with Crippen LogP contribution in [0.4, 0.5) is 0 Å². The van der Waals surface area contributed by atoms with Crippen molar-refractivity contribution in [3.8, 4) is 5.75 Å². The highest BCUT2D eigenvalue weighted by molar-refractivity contribution is 5.31. The summed E-state index contributed by atoms with van der Waals surface area (Å²) in [6.45, 7) is 1.45. The molecule has 78 valence electrons. The maximum Gasteiger partial charge on any atom is 0.120 e. The van der Waals surface area contributed by atoms with E-state index in [-0.39, 0.29) is 0 Å². The van der Waals surface area contributed by atoms with Crippen molar-refractivity contribution in [1.29, 1.82) is 0 Å². The normalized spacial score (nSPS) is 10.4. The third kappa shape index (κ3) is 2.60. The van der Waals surface area contributed by atoms with Crippen LogP contribution in [-0.4, -0.2) is 10.1 Å². The maximum atomic E-state index is 9.52. The number of phenols is 1. The second-order valence-electron chi connectivity index (χ2n) is 3.43. The second kappa shape index (κ2) is 4.66. The Hall–Kier alpha value is -1.74. The Morgan fingerprint density at radius 2 is 1.93 bits per heavy atom. The largest absolute Gasteiger partial charge is 0.508 e. The summed E-state index contributed by atoms with van der Waals surface area (Å²) in [6, 6.07) is 11.4. The predicted octanol–water partition coefficient (Wildman–Crippen LogP) is 2.01. The molecule has 2 rings (SSSR count). The van der Waals surface area contributed by atoms with Gasteiger partial charge in [0, 0.05) is 30.5 Å². The number of aromatic hydroxyl groups is 1. The summed E-state index contributed by atoms with van der Waals surface area (Å²) in [4.78, 5) is 3.11. The van der Waals surface area contributed by atoms with Crippen LogP contribution in [0.15, 0.2) is 42.6 Å². The summed E-state index contributed by atoms with van der Waals surface area (Å²) in [7, 11) is 0. The highest BCUT2D eigenvalue weighted by atomic mass is 16.3. The van der Waals surface area contributed by atoms with E-state index < -0.39 is 0 Å². The average Bonchev–Trinajstić information content (AvgIpc) is 2.74. The molecular weight excluding hydrogens is 188 g/mol. The highest BCUT2D eigenvalue weighted by Gasteiger charge is 1.98.